The minimum absolute atomic E-state index is 0.0355. The number of aryl methyl sites for hydroxylation is 1. The number of methoxy groups -OCH3 is 1. The van der Waals surface area contributed by atoms with Crippen LogP contribution in [0, 0.1) is 23.2 Å². The summed E-state index contributed by atoms with van der Waals surface area (Å²) in [5, 5.41) is 9.01. The van der Waals surface area contributed by atoms with Gasteiger partial charge < -0.3 is 29.2 Å². The van der Waals surface area contributed by atoms with Gasteiger partial charge in [0.15, 0.2) is 0 Å². The summed E-state index contributed by atoms with van der Waals surface area (Å²) in [7, 11) is 3.91. The molecule has 11 rings (SSSR count). The maximum atomic E-state index is 14.8. The molecule has 324 valence electrons. The molecule has 13 nitrogen and oxygen atoms in total. The van der Waals surface area contributed by atoms with Crippen LogP contribution in [0.25, 0.3) is 33.4 Å². The van der Waals surface area contributed by atoms with Gasteiger partial charge in [-0.2, -0.15) is 0 Å². The molecule has 14 heteroatoms. The minimum atomic E-state index is -0.792. The summed E-state index contributed by atoms with van der Waals surface area (Å²) in [6.07, 6.45) is 6.14. The smallest absolute Gasteiger partial charge is 0.325 e. The van der Waals surface area contributed by atoms with Gasteiger partial charge in [-0.3, -0.25) is 24.4 Å². The Bertz CT molecular complexity index is 2390. The summed E-state index contributed by atoms with van der Waals surface area (Å²) in [6.45, 7) is 15.4. The molecule has 4 aliphatic heterocycles. The van der Waals surface area contributed by atoms with Crippen molar-refractivity contribution in [3.63, 3.8) is 0 Å². The summed E-state index contributed by atoms with van der Waals surface area (Å²) < 4.78 is 14.7. The van der Waals surface area contributed by atoms with E-state index in [-0.39, 0.29) is 48.4 Å². The van der Waals surface area contributed by atoms with Gasteiger partial charge in [-0.1, -0.05) is 26.8 Å². The third-order valence-electron chi connectivity index (χ3n) is 14.8. The van der Waals surface area contributed by atoms with Crippen molar-refractivity contribution >= 4 is 45.7 Å². The van der Waals surface area contributed by atoms with Gasteiger partial charge >= 0.3 is 5.97 Å². The fourth-order valence-corrected chi connectivity index (χ4v) is 11.6. The zero-order chi connectivity index (χ0) is 42.5. The van der Waals surface area contributed by atoms with Crippen LogP contribution in [-0.2, 0) is 42.2 Å². The van der Waals surface area contributed by atoms with Gasteiger partial charge in [-0.25, -0.2) is 10.4 Å². The van der Waals surface area contributed by atoms with Crippen molar-refractivity contribution in [3.05, 3.63) is 52.1 Å². The van der Waals surface area contributed by atoms with Gasteiger partial charge in [-0.15, -0.1) is 11.3 Å². The highest BCUT2D eigenvalue weighted by atomic mass is 32.1. The van der Waals surface area contributed by atoms with Crippen molar-refractivity contribution < 1.29 is 23.9 Å². The van der Waals surface area contributed by atoms with Crippen LogP contribution in [0.3, 0.4) is 0 Å². The van der Waals surface area contributed by atoms with Gasteiger partial charge in [0.25, 0.3) is 5.91 Å². The van der Waals surface area contributed by atoms with Crippen LogP contribution in [-0.4, -0.2) is 107 Å². The monoisotopic (exact) mass is 848 g/mol. The average Bonchev–Trinajstić information content (AvgIpc) is 4.12. The molecule has 6 fully saturated rings. The van der Waals surface area contributed by atoms with Crippen LogP contribution in [0.5, 0.6) is 0 Å². The van der Waals surface area contributed by atoms with Crippen LogP contribution < -0.4 is 15.6 Å². The van der Waals surface area contributed by atoms with Crippen LogP contribution in [0.1, 0.15) is 89.1 Å². The number of carbonyl (C=O) groups excluding carboxylic acids is 3. The van der Waals surface area contributed by atoms with E-state index in [0.717, 1.165) is 115 Å². The molecule has 2 amide bonds. The number of cyclic esters (lactones) is 1. The molecule has 0 radical (unpaired) electrons. The largest absolute Gasteiger partial charge is 0.464 e. The Morgan fingerprint density at radius 3 is 2.56 bits per heavy atom. The summed E-state index contributed by atoms with van der Waals surface area (Å²) in [5.74, 6) is -0.301. The van der Waals surface area contributed by atoms with Crippen LogP contribution >= 0.6 is 11.3 Å². The first-order chi connectivity index (χ1) is 29.3. The fourth-order valence-electron chi connectivity index (χ4n) is 10.5. The Labute approximate surface area is 362 Å². The zero-order valence-corrected chi connectivity index (χ0v) is 37.4. The Kier molecular flexibility index (Phi) is 10.1. The van der Waals surface area contributed by atoms with Gasteiger partial charge in [0, 0.05) is 84.6 Å². The van der Waals surface area contributed by atoms with E-state index >= 15 is 0 Å². The Morgan fingerprint density at radius 2 is 1.87 bits per heavy atom. The number of amides is 2. The molecule has 1 spiro atoms. The maximum Gasteiger partial charge on any atom is 0.325 e. The maximum absolute atomic E-state index is 14.8. The first-order valence-electron chi connectivity index (χ1n) is 22.4. The Hall–Kier alpha value is -4.37. The summed E-state index contributed by atoms with van der Waals surface area (Å²) >= 11 is 1.57. The highest BCUT2D eigenvalue weighted by molar-refractivity contribution is 7.10. The summed E-state index contributed by atoms with van der Waals surface area (Å²) in [5.41, 5.74) is 10.5. The van der Waals surface area contributed by atoms with Crippen LogP contribution in [0.15, 0.2) is 35.8 Å². The number of ether oxygens (including phenoxy) is 2. The number of hydrazine groups is 1. The lowest BCUT2D eigenvalue weighted by Gasteiger charge is -2.53. The number of benzene rings is 1. The van der Waals surface area contributed by atoms with Crippen molar-refractivity contribution in [2.24, 2.45) is 23.2 Å². The Balaban J connectivity index is 1.13. The molecule has 3 saturated heterocycles. The number of likely N-dealkylation sites (N-methyl/N-ethyl adjacent to an activating group) is 1. The van der Waals surface area contributed by atoms with Gasteiger partial charge in [0.05, 0.1) is 47.1 Å². The van der Waals surface area contributed by atoms with Crippen molar-refractivity contribution in [1.82, 2.24) is 35.2 Å². The number of thiazole rings is 1. The number of rotatable bonds is 7. The molecular weight excluding hydrogens is 789 g/mol. The van der Waals surface area contributed by atoms with Gasteiger partial charge in [0.2, 0.25) is 5.91 Å². The topological polar surface area (TPSA) is 134 Å². The van der Waals surface area contributed by atoms with Gasteiger partial charge in [0.1, 0.15) is 17.1 Å². The molecule has 4 aromatic rings. The summed E-state index contributed by atoms with van der Waals surface area (Å²) in [6, 6.07) is 7.48. The second-order valence-corrected chi connectivity index (χ2v) is 20.6. The SMILES string of the molecule is CCn1c(-c2cc(N3CCN(C)CC3)cnc2C(C)OC)c2c3cc(ccc31)-c1csc(n1)C1(CC1)C(NC(=O)C1CC1C)C(=O)N1NC(C(=O)OCC(C)(C)C2)C2CC1C2. The van der Waals surface area contributed by atoms with Crippen LogP contribution in [0.4, 0.5) is 5.69 Å². The van der Waals surface area contributed by atoms with E-state index in [1.54, 1.807) is 23.5 Å². The third-order valence-corrected chi connectivity index (χ3v) is 15.9. The Morgan fingerprint density at radius 1 is 1.11 bits per heavy atom. The lowest BCUT2D eigenvalue weighted by molar-refractivity contribution is -0.171. The number of pyridine rings is 1. The first kappa shape index (κ1) is 40.7. The molecule has 3 saturated carbocycles. The predicted octanol–water partition coefficient (Wildman–Crippen LogP) is 6.10. The lowest BCUT2D eigenvalue weighted by atomic mass is 9.73. The highest BCUT2D eigenvalue weighted by Crippen LogP contribution is 2.54. The number of aromatic nitrogens is 3. The molecule has 8 bridgehead atoms. The molecule has 5 atom stereocenters. The average molecular weight is 849 g/mol. The quantitative estimate of drug-likeness (QED) is 0.211. The molecule has 5 unspecified atom stereocenters. The van der Waals surface area contributed by atoms with Crippen molar-refractivity contribution in [1.29, 1.82) is 0 Å². The van der Waals surface area contributed by atoms with E-state index in [0.29, 0.717) is 12.3 Å². The molecule has 7 aliphatic rings. The molecule has 3 aromatic heterocycles. The predicted molar refractivity (Wildman–Crippen MR) is 236 cm³/mol. The molecule has 7 heterocycles. The van der Waals surface area contributed by atoms with E-state index in [1.165, 1.54) is 5.56 Å². The van der Waals surface area contributed by atoms with E-state index < -0.39 is 22.9 Å². The second-order valence-electron chi connectivity index (χ2n) is 19.7. The third kappa shape index (κ3) is 7.05. The first-order valence-corrected chi connectivity index (χ1v) is 23.3. The zero-order valence-electron chi connectivity index (χ0n) is 36.6. The van der Waals surface area contributed by atoms with Crippen molar-refractivity contribution in [2.75, 3.05) is 51.8 Å². The highest BCUT2D eigenvalue weighted by Gasteiger charge is 2.60. The molecule has 2 N–H and O–H groups in total. The lowest BCUT2D eigenvalue weighted by Crippen LogP contribution is -2.72. The normalized spacial score (nSPS) is 28.6. The van der Waals surface area contributed by atoms with Gasteiger partial charge in [-0.05, 0) is 95.0 Å². The minimum Gasteiger partial charge on any atom is -0.464 e. The molecule has 1 aromatic carbocycles. The molecule has 3 aliphatic carbocycles. The number of fused-ring (bicyclic) bond motifs is 5. The van der Waals surface area contributed by atoms with Crippen LogP contribution in [0.2, 0.25) is 0 Å². The van der Waals surface area contributed by atoms with E-state index in [9.17, 15) is 14.4 Å². The van der Waals surface area contributed by atoms with E-state index in [4.69, 9.17) is 19.4 Å². The van der Waals surface area contributed by atoms with E-state index in [1.807, 2.05) is 6.20 Å². The molecular formula is C47H60N8O5S. The number of nitrogens with zero attached hydrogens (tertiary/aromatic N) is 6. The number of hydrogen-bond acceptors (Lipinski definition) is 11. The number of piperazine rings is 1. The second kappa shape index (κ2) is 15.2. The number of anilines is 1. The number of hydrogen-bond donors (Lipinski definition) is 2. The van der Waals surface area contributed by atoms with Crippen molar-refractivity contribution in [2.45, 2.75) is 109 Å². The summed E-state index contributed by atoms with van der Waals surface area (Å²) in [4.78, 5) is 57.9. The number of carbonyl (C=O) groups is 3. The number of nitrogens with one attached hydrogen (secondary N) is 2. The fraction of sp³-hybridized carbons (Fsp3) is 0.596. The van der Waals surface area contributed by atoms with Crippen molar-refractivity contribution in [3.8, 4) is 22.5 Å². The molecule has 61 heavy (non-hydrogen) atoms. The van der Waals surface area contributed by atoms with E-state index in [2.05, 4.69) is 96.4 Å². The standard InChI is InChI=1S/C47H60N8O5S/c1-8-54-37-10-9-28-20-33(37)35(40(54)34-21-31(23-48-38(34)27(3)59-7)53-15-13-52(6)14-16-53)22-46(4,5)25-60-44(58)39-29-18-30(19-29)55(51-39)43(57)41(50-42(56)32-17-26(32)2)47(11-12-47)45-49-36(28)24-61-45/h9-10,20-21,23-24,26-27,29-30,32,39,41,51H,8,11-19,22,25H2,1-7H3,(H,50,56). The number of esters is 1.